The minimum absolute atomic E-state index is 1.04. The summed E-state index contributed by atoms with van der Waals surface area (Å²) in [6, 6.07) is 18.1. The molecule has 0 spiro atoms. The molecule has 4 heterocycles. The molecule has 4 aromatic heterocycles. The molecule has 0 aliphatic rings. The molecule has 4 aromatic rings. The van der Waals surface area contributed by atoms with E-state index in [2.05, 4.69) is 66.5 Å². The van der Waals surface area contributed by atoms with Crippen molar-refractivity contribution in [2.24, 2.45) is 0 Å². The summed E-state index contributed by atoms with van der Waals surface area (Å²) in [6.07, 6.45) is 10.7. The molecule has 0 bridgehead atoms. The number of unbranched alkanes of at least 4 members (excludes halogenated alkanes) is 6. The maximum absolute atomic E-state index is 4.28. The maximum Gasteiger partial charge on any atom is 0.0449 e. The van der Waals surface area contributed by atoms with Crippen LogP contribution in [0.2, 0.25) is 0 Å². The van der Waals surface area contributed by atoms with Gasteiger partial charge in [0.05, 0.1) is 0 Å². The molecule has 0 aliphatic heterocycles. The molecule has 0 aliphatic carbocycles. The minimum Gasteiger partial charge on any atom is -0.179 e. The van der Waals surface area contributed by atoms with E-state index in [0.717, 1.165) is 5.75 Å². The molecule has 0 radical (unpaired) electrons. The van der Waals surface area contributed by atoms with Crippen molar-refractivity contribution in [3.63, 3.8) is 0 Å². The maximum atomic E-state index is 4.28. The summed E-state index contributed by atoms with van der Waals surface area (Å²) in [5.41, 5.74) is 0. The average Bonchev–Trinajstić information content (AvgIpc) is 3.56. The summed E-state index contributed by atoms with van der Waals surface area (Å²) in [5.74, 6) is 1.04. The van der Waals surface area contributed by atoms with Gasteiger partial charge in [0.15, 0.2) is 0 Å². The first-order valence-corrected chi connectivity index (χ1v) is 14.7. The third kappa shape index (κ3) is 6.10. The summed E-state index contributed by atoms with van der Waals surface area (Å²) >= 11 is 11.9. The van der Waals surface area contributed by atoms with Crippen LogP contribution in [0.3, 0.4) is 0 Å². The Morgan fingerprint density at radius 2 is 1.07 bits per heavy atom. The van der Waals surface area contributed by atoms with Gasteiger partial charge in [-0.1, -0.05) is 38.2 Å². The van der Waals surface area contributed by atoms with Crippen molar-refractivity contribution >= 4 is 58.0 Å². The smallest absolute Gasteiger partial charge is 0.0449 e. The Hall–Kier alpha value is -0.850. The number of hydrogen-bond acceptors (Lipinski definition) is 5. The van der Waals surface area contributed by atoms with Crippen molar-refractivity contribution in [3.8, 4) is 29.3 Å². The van der Waals surface area contributed by atoms with Crippen LogP contribution in [0.5, 0.6) is 0 Å². The molecule has 4 rings (SSSR count). The molecule has 0 fully saturated rings. The summed E-state index contributed by atoms with van der Waals surface area (Å²) in [4.78, 5) is 9.84. The second kappa shape index (κ2) is 11.7. The molecule has 0 atom stereocenters. The number of rotatable bonds is 12. The van der Waals surface area contributed by atoms with E-state index >= 15 is 0 Å². The van der Waals surface area contributed by atoms with Crippen LogP contribution in [0.25, 0.3) is 29.3 Å². The van der Waals surface area contributed by atoms with Crippen LogP contribution in [0.1, 0.15) is 49.8 Å². The SMILES string of the molecule is SCCCCCCCCCc1ccc(-c2ccc(-c3ccc(-c4cccs4)s3)s2)s1. The van der Waals surface area contributed by atoms with E-state index in [1.54, 1.807) is 0 Å². The van der Waals surface area contributed by atoms with E-state index in [-0.39, 0.29) is 0 Å². The summed E-state index contributed by atoms with van der Waals surface area (Å²) in [7, 11) is 0. The molecule has 0 unspecified atom stereocenters. The zero-order valence-electron chi connectivity index (χ0n) is 17.1. The lowest BCUT2D eigenvalue weighted by molar-refractivity contribution is 0.592. The van der Waals surface area contributed by atoms with Crippen LogP contribution in [0.4, 0.5) is 0 Å². The molecule has 0 amide bonds. The first-order valence-electron chi connectivity index (χ1n) is 10.8. The highest BCUT2D eigenvalue weighted by Crippen LogP contribution is 2.42. The van der Waals surface area contributed by atoms with Crippen LogP contribution < -0.4 is 0 Å². The van der Waals surface area contributed by atoms with Gasteiger partial charge in [0.1, 0.15) is 0 Å². The lowest BCUT2D eigenvalue weighted by Crippen LogP contribution is -1.83. The van der Waals surface area contributed by atoms with Gasteiger partial charge in [0, 0.05) is 34.1 Å². The van der Waals surface area contributed by atoms with Crippen molar-refractivity contribution < 1.29 is 0 Å². The van der Waals surface area contributed by atoms with Crippen molar-refractivity contribution in [2.75, 3.05) is 5.75 Å². The second-order valence-corrected chi connectivity index (χ2v) is 12.3. The Labute approximate surface area is 202 Å². The highest BCUT2D eigenvalue weighted by molar-refractivity contribution is 7.80. The highest BCUT2D eigenvalue weighted by atomic mass is 32.1. The van der Waals surface area contributed by atoms with Crippen LogP contribution in [0, 0.1) is 0 Å². The molecule has 0 N–H and O–H groups in total. The molecule has 0 saturated heterocycles. The average molecular weight is 489 g/mol. The predicted molar refractivity (Wildman–Crippen MR) is 144 cm³/mol. The predicted octanol–water partition coefficient (Wildman–Crippen LogP) is 10.1. The monoisotopic (exact) mass is 488 g/mol. The van der Waals surface area contributed by atoms with Crippen molar-refractivity contribution in [3.05, 3.63) is 58.8 Å². The lowest BCUT2D eigenvalue weighted by Gasteiger charge is -2.00. The third-order valence-electron chi connectivity index (χ3n) is 5.20. The number of hydrogen-bond donors (Lipinski definition) is 1. The van der Waals surface area contributed by atoms with E-state index in [0.29, 0.717) is 0 Å². The zero-order valence-corrected chi connectivity index (χ0v) is 21.3. The van der Waals surface area contributed by atoms with Crippen molar-refractivity contribution in [2.45, 2.75) is 51.4 Å². The Morgan fingerprint density at radius 1 is 0.533 bits per heavy atom. The first-order chi connectivity index (χ1) is 14.8. The fourth-order valence-corrected chi connectivity index (χ4v) is 7.86. The van der Waals surface area contributed by atoms with Gasteiger partial charge in [-0.05, 0) is 72.9 Å². The summed E-state index contributed by atoms with van der Waals surface area (Å²) < 4.78 is 0. The first kappa shape index (κ1) is 22.3. The third-order valence-corrected chi connectivity index (χ3v) is 10.3. The zero-order chi connectivity index (χ0) is 20.6. The van der Waals surface area contributed by atoms with Gasteiger partial charge in [0.2, 0.25) is 0 Å². The van der Waals surface area contributed by atoms with E-state index in [1.807, 2.05) is 45.3 Å². The number of aryl methyl sites for hydroxylation is 1. The Kier molecular flexibility index (Phi) is 8.70. The quantitative estimate of drug-likeness (QED) is 0.149. The molecular weight excluding hydrogens is 461 g/mol. The largest absolute Gasteiger partial charge is 0.179 e. The van der Waals surface area contributed by atoms with Gasteiger partial charge >= 0.3 is 0 Å². The summed E-state index contributed by atoms with van der Waals surface area (Å²) in [5, 5.41) is 2.15. The number of thiophene rings is 4. The summed E-state index contributed by atoms with van der Waals surface area (Å²) in [6.45, 7) is 0. The second-order valence-electron chi connectivity index (χ2n) is 7.52. The van der Waals surface area contributed by atoms with Crippen LogP contribution in [-0.4, -0.2) is 5.75 Å². The van der Waals surface area contributed by atoms with Crippen LogP contribution in [0.15, 0.2) is 53.9 Å². The standard InChI is InChI=1S/C25H28S5/c26-17-7-5-3-1-2-4-6-9-19-11-12-22(28-19)23-15-16-25(30-23)24-14-13-21(29-24)20-10-8-18-27-20/h8,10-16,18,26H,1-7,9,17H2. The molecule has 5 heteroatoms. The van der Waals surface area contributed by atoms with Gasteiger partial charge in [-0.2, -0.15) is 12.6 Å². The van der Waals surface area contributed by atoms with Gasteiger partial charge in [-0.3, -0.25) is 0 Å². The Bertz CT molecular complexity index is 1000. The van der Waals surface area contributed by atoms with E-state index in [1.165, 1.54) is 85.5 Å². The lowest BCUT2D eigenvalue weighted by atomic mass is 10.1. The Morgan fingerprint density at radius 3 is 1.67 bits per heavy atom. The van der Waals surface area contributed by atoms with Crippen molar-refractivity contribution in [1.29, 1.82) is 0 Å². The minimum atomic E-state index is 1.04. The topological polar surface area (TPSA) is 0 Å². The van der Waals surface area contributed by atoms with E-state index in [4.69, 9.17) is 0 Å². The van der Waals surface area contributed by atoms with Crippen LogP contribution in [-0.2, 0) is 6.42 Å². The van der Waals surface area contributed by atoms with Gasteiger partial charge < -0.3 is 0 Å². The molecule has 30 heavy (non-hydrogen) atoms. The van der Waals surface area contributed by atoms with E-state index in [9.17, 15) is 0 Å². The molecule has 0 saturated carbocycles. The highest BCUT2D eigenvalue weighted by Gasteiger charge is 2.11. The van der Waals surface area contributed by atoms with E-state index < -0.39 is 0 Å². The fraction of sp³-hybridized carbons (Fsp3) is 0.360. The van der Waals surface area contributed by atoms with Crippen molar-refractivity contribution in [1.82, 2.24) is 0 Å². The van der Waals surface area contributed by atoms with Gasteiger partial charge in [-0.25, -0.2) is 0 Å². The van der Waals surface area contributed by atoms with Gasteiger partial charge in [-0.15, -0.1) is 45.3 Å². The molecular formula is C25H28S5. The molecule has 0 aromatic carbocycles. The normalized spacial score (nSPS) is 11.4. The molecule has 158 valence electrons. The van der Waals surface area contributed by atoms with Crippen LogP contribution >= 0.6 is 58.0 Å². The van der Waals surface area contributed by atoms with Gasteiger partial charge in [0.25, 0.3) is 0 Å². The molecule has 0 nitrogen and oxygen atoms in total. The fourth-order valence-electron chi connectivity index (χ4n) is 3.56. The number of thiol groups is 1. The Balaban J connectivity index is 1.28.